The number of halogens is 3. The van der Waals surface area contributed by atoms with Crippen LogP contribution in [0.4, 0.5) is 18.9 Å². The normalized spacial score (nSPS) is 10.3. The molecule has 0 saturated carbocycles. The van der Waals surface area contributed by atoms with Crippen molar-refractivity contribution in [2.24, 2.45) is 0 Å². The van der Waals surface area contributed by atoms with Gasteiger partial charge in [-0.3, -0.25) is 4.79 Å². The van der Waals surface area contributed by atoms with E-state index in [4.69, 9.17) is 0 Å². The van der Waals surface area contributed by atoms with Gasteiger partial charge in [-0.05, 0) is 30.3 Å². The van der Waals surface area contributed by atoms with Crippen molar-refractivity contribution in [3.8, 4) is 0 Å². The number of carbonyl (C=O) groups excluding carboxylic acids is 1. The number of hydrogen-bond donors (Lipinski definition) is 2. The Bertz CT molecular complexity index is 626. The number of hydrogen-bond acceptors (Lipinski definition) is 2. The van der Waals surface area contributed by atoms with Gasteiger partial charge in [0.2, 0.25) is 0 Å². The molecule has 1 amide bonds. The molecule has 0 radical (unpaired) electrons. The van der Waals surface area contributed by atoms with E-state index < -0.39 is 23.4 Å². The van der Waals surface area contributed by atoms with Crippen LogP contribution >= 0.6 is 12.6 Å². The van der Waals surface area contributed by atoms with Crippen LogP contribution in [0, 0.1) is 17.5 Å². The van der Waals surface area contributed by atoms with Gasteiger partial charge < -0.3 is 5.32 Å². The Morgan fingerprint density at radius 3 is 2.21 bits per heavy atom. The van der Waals surface area contributed by atoms with Crippen molar-refractivity contribution in [2.45, 2.75) is 4.90 Å². The van der Waals surface area contributed by atoms with E-state index in [9.17, 15) is 18.0 Å². The molecule has 0 aliphatic carbocycles. The van der Waals surface area contributed by atoms with Crippen LogP contribution in [0.3, 0.4) is 0 Å². The van der Waals surface area contributed by atoms with Crippen molar-refractivity contribution in [3.05, 3.63) is 59.4 Å². The molecule has 2 aromatic carbocycles. The molecule has 2 nitrogen and oxygen atoms in total. The molecule has 0 unspecified atom stereocenters. The summed E-state index contributed by atoms with van der Waals surface area (Å²) in [6.07, 6.45) is 0. The lowest BCUT2D eigenvalue weighted by molar-refractivity contribution is 0.102. The average Bonchev–Trinajstić information content (AvgIpc) is 2.31. The monoisotopic (exact) mass is 283 g/mol. The van der Waals surface area contributed by atoms with Crippen molar-refractivity contribution in [2.75, 3.05) is 5.32 Å². The number of anilines is 1. The number of carbonyl (C=O) groups is 1. The third kappa shape index (κ3) is 3.29. The van der Waals surface area contributed by atoms with E-state index >= 15 is 0 Å². The van der Waals surface area contributed by atoms with Gasteiger partial charge in [-0.25, -0.2) is 13.2 Å². The summed E-state index contributed by atoms with van der Waals surface area (Å²) in [5, 5.41) is 2.31. The molecule has 0 aliphatic rings. The highest BCUT2D eigenvalue weighted by atomic mass is 32.1. The highest BCUT2D eigenvalue weighted by Gasteiger charge is 2.10. The third-order valence-electron chi connectivity index (χ3n) is 2.33. The molecule has 0 atom stereocenters. The molecule has 98 valence electrons. The van der Waals surface area contributed by atoms with E-state index in [2.05, 4.69) is 17.9 Å². The third-order valence-corrected chi connectivity index (χ3v) is 2.67. The van der Waals surface area contributed by atoms with Crippen LogP contribution in [-0.4, -0.2) is 5.91 Å². The quantitative estimate of drug-likeness (QED) is 0.809. The first-order valence-electron chi connectivity index (χ1n) is 5.21. The second-order valence-corrected chi connectivity index (χ2v) is 4.26. The van der Waals surface area contributed by atoms with Gasteiger partial charge in [0.25, 0.3) is 5.91 Å². The van der Waals surface area contributed by atoms with Gasteiger partial charge in [-0.2, -0.15) is 0 Å². The van der Waals surface area contributed by atoms with Crippen LogP contribution in [0.2, 0.25) is 0 Å². The maximum Gasteiger partial charge on any atom is 0.255 e. The lowest BCUT2D eigenvalue weighted by Gasteiger charge is -2.06. The number of rotatable bonds is 2. The zero-order valence-corrected chi connectivity index (χ0v) is 10.3. The fourth-order valence-corrected chi connectivity index (χ4v) is 1.70. The largest absolute Gasteiger partial charge is 0.322 e. The second kappa shape index (κ2) is 5.36. The summed E-state index contributed by atoms with van der Waals surface area (Å²) in [4.78, 5) is 11.8. The number of nitrogens with one attached hydrogen (secondary N) is 1. The van der Waals surface area contributed by atoms with E-state index in [-0.39, 0.29) is 16.1 Å². The summed E-state index contributed by atoms with van der Waals surface area (Å²) in [7, 11) is 0. The number of thiol groups is 1. The van der Waals surface area contributed by atoms with Crippen LogP contribution < -0.4 is 5.32 Å². The Morgan fingerprint density at radius 1 is 1.00 bits per heavy atom. The lowest BCUT2D eigenvalue weighted by atomic mass is 10.2. The van der Waals surface area contributed by atoms with E-state index in [1.807, 2.05) is 0 Å². The van der Waals surface area contributed by atoms with Crippen molar-refractivity contribution in [1.82, 2.24) is 0 Å². The first-order valence-corrected chi connectivity index (χ1v) is 5.66. The predicted molar refractivity (Wildman–Crippen MR) is 68.0 cm³/mol. The van der Waals surface area contributed by atoms with E-state index in [0.717, 1.165) is 18.2 Å². The lowest BCUT2D eigenvalue weighted by Crippen LogP contribution is -2.12. The first kappa shape index (κ1) is 13.5. The van der Waals surface area contributed by atoms with E-state index in [0.29, 0.717) is 6.07 Å². The summed E-state index contributed by atoms with van der Waals surface area (Å²) in [5.74, 6) is -2.77. The first-order chi connectivity index (χ1) is 8.95. The maximum absolute atomic E-state index is 13.0. The minimum absolute atomic E-state index is 0.0121. The maximum atomic E-state index is 13.0. The number of amides is 1. The molecular formula is C13H8F3NOS. The van der Waals surface area contributed by atoms with Gasteiger partial charge in [0.1, 0.15) is 17.5 Å². The van der Waals surface area contributed by atoms with Gasteiger partial charge in [0.15, 0.2) is 0 Å². The summed E-state index contributed by atoms with van der Waals surface area (Å²) in [6, 6.07) is 6.21. The molecule has 19 heavy (non-hydrogen) atoms. The van der Waals surface area contributed by atoms with Gasteiger partial charge >= 0.3 is 0 Å². The Balaban J connectivity index is 2.22. The topological polar surface area (TPSA) is 29.1 Å². The molecule has 1 N–H and O–H groups in total. The molecule has 2 rings (SSSR count). The Kier molecular flexibility index (Phi) is 3.80. The van der Waals surface area contributed by atoms with Gasteiger partial charge in [0.05, 0.1) is 0 Å². The van der Waals surface area contributed by atoms with Gasteiger partial charge in [-0.1, -0.05) is 0 Å². The highest BCUT2D eigenvalue weighted by molar-refractivity contribution is 7.80. The summed E-state index contributed by atoms with van der Waals surface area (Å²) < 4.78 is 38.9. The van der Waals surface area contributed by atoms with Crippen molar-refractivity contribution >= 4 is 24.2 Å². The fourth-order valence-electron chi connectivity index (χ4n) is 1.48. The molecular weight excluding hydrogens is 275 g/mol. The van der Waals surface area contributed by atoms with Crippen molar-refractivity contribution in [1.29, 1.82) is 0 Å². The molecule has 0 spiro atoms. The average molecular weight is 283 g/mol. The molecule has 0 bridgehead atoms. The zero-order chi connectivity index (χ0) is 14.0. The molecule has 0 saturated heterocycles. The van der Waals surface area contributed by atoms with Gasteiger partial charge in [0, 0.05) is 22.2 Å². The van der Waals surface area contributed by atoms with E-state index in [1.54, 1.807) is 0 Å². The molecule has 0 aliphatic heterocycles. The van der Waals surface area contributed by atoms with Crippen molar-refractivity contribution in [3.63, 3.8) is 0 Å². The fraction of sp³-hybridized carbons (Fsp3) is 0. The highest BCUT2D eigenvalue weighted by Crippen LogP contribution is 2.17. The molecule has 0 aromatic heterocycles. The van der Waals surface area contributed by atoms with Crippen LogP contribution in [-0.2, 0) is 0 Å². The minimum Gasteiger partial charge on any atom is -0.322 e. The van der Waals surface area contributed by atoms with Crippen LogP contribution in [0.25, 0.3) is 0 Å². The van der Waals surface area contributed by atoms with Gasteiger partial charge in [-0.15, -0.1) is 12.6 Å². The van der Waals surface area contributed by atoms with Crippen LogP contribution in [0.1, 0.15) is 10.4 Å². The van der Waals surface area contributed by atoms with Crippen LogP contribution in [0.5, 0.6) is 0 Å². The molecule has 2 aromatic rings. The molecule has 0 fully saturated rings. The standard InChI is InChI=1S/C13H8F3NOS/c14-8-4-9(15)6-10(5-8)17-13(18)7-1-2-11(16)12(19)3-7/h1-6,19H,(H,17,18). The van der Waals surface area contributed by atoms with Crippen molar-refractivity contribution < 1.29 is 18.0 Å². The summed E-state index contributed by atoms with van der Waals surface area (Å²) in [5.41, 5.74) is 0.114. The molecule has 0 heterocycles. The smallest absolute Gasteiger partial charge is 0.255 e. The second-order valence-electron chi connectivity index (χ2n) is 3.78. The van der Waals surface area contributed by atoms with E-state index in [1.165, 1.54) is 12.1 Å². The SMILES string of the molecule is O=C(Nc1cc(F)cc(F)c1)c1ccc(F)c(S)c1. The molecule has 6 heteroatoms. The predicted octanol–water partition coefficient (Wildman–Crippen LogP) is 3.64. The Morgan fingerprint density at radius 2 is 1.63 bits per heavy atom. The zero-order valence-electron chi connectivity index (χ0n) is 9.45. The summed E-state index contributed by atoms with van der Waals surface area (Å²) in [6.45, 7) is 0. The summed E-state index contributed by atoms with van der Waals surface area (Å²) >= 11 is 3.85. The number of benzene rings is 2. The Hall–Kier alpha value is -1.95. The Labute approximate surface area is 112 Å². The minimum atomic E-state index is -0.802. The van der Waals surface area contributed by atoms with Crippen LogP contribution in [0.15, 0.2) is 41.3 Å².